The van der Waals surface area contributed by atoms with Crippen molar-refractivity contribution < 1.29 is 9.53 Å². The van der Waals surface area contributed by atoms with E-state index in [1.165, 1.54) is 0 Å². The van der Waals surface area contributed by atoms with E-state index in [0.717, 1.165) is 23.4 Å². The number of ether oxygens (including phenoxy) is 1. The lowest BCUT2D eigenvalue weighted by Crippen LogP contribution is -2.41. The van der Waals surface area contributed by atoms with E-state index < -0.39 is 6.03 Å². The molecule has 4 heteroatoms. The first kappa shape index (κ1) is 10.8. The van der Waals surface area contributed by atoms with E-state index in [1.807, 2.05) is 32.0 Å². The average molecular weight is 220 g/mol. The van der Waals surface area contributed by atoms with Crippen LogP contribution in [-0.4, -0.2) is 18.7 Å². The number of primary amides is 1. The lowest BCUT2D eigenvalue weighted by Gasteiger charge is -2.26. The van der Waals surface area contributed by atoms with E-state index in [-0.39, 0.29) is 6.04 Å². The Bertz CT molecular complexity index is 415. The quantitative estimate of drug-likeness (QED) is 0.827. The summed E-state index contributed by atoms with van der Waals surface area (Å²) in [6.45, 7) is 4.57. The Morgan fingerprint density at radius 2 is 2.25 bits per heavy atom. The number of benzene rings is 1. The highest BCUT2D eigenvalue weighted by atomic mass is 16.5. The normalized spacial score (nSPS) is 13.4. The molecule has 2 amide bonds. The van der Waals surface area contributed by atoms with Crippen molar-refractivity contribution in [2.24, 2.45) is 5.73 Å². The van der Waals surface area contributed by atoms with Crippen LogP contribution in [0.5, 0.6) is 5.75 Å². The van der Waals surface area contributed by atoms with Crippen molar-refractivity contribution in [3.63, 3.8) is 0 Å². The molecule has 0 fully saturated rings. The van der Waals surface area contributed by atoms with Crippen LogP contribution in [0, 0.1) is 0 Å². The van der Waals surface area contributed by atoms with Gasteiger partial charge in [0.15, 0.2) is 0 Å². The van der Waals surface area contributed by atoms with Crippen molar-refractivity contribution in [1.82, 2.24) is 0 Å². The number of fused-ring (bicyclic) bond motifs is 1. The summed E-state index contributed by atoms with van der Waals surface area (Å²) < 4.78 is 5.47. The molecule has 0 aliphatic carbocycles. The number of nitrogens with two attached hydrogens (primary N) is 1. The molecule has 0 radical (unpaired) electrons. The number of hydrogen-bond acceptors (Lipinski definition) is 2. The third kappa shape index (κ3) is 1.71. The third-order valence-electron chi connectivity index (χ3n) is 2.73. The molecule has 1 aliphatic rings. The summed E-state index contributed by atoms with van der Waals surface area (Å²) in [4.78, 5) is 13.1. The number of carbonyl (C=O) groups is 1. The van der Waals surface area contributed by atoms with Gasteiger partial charge in [-0.3, -0.25) is 4.90 Å². The molecule has 16 heavy (non-hydrogen) atoms. The van der Waals surface area contributed by atoms with Gasteiger partial charge in [0.1, 0.15) is 5.75 Å². The van der Waals surface area contributed by atoms with Gasteiger partial charge in [-0.1, -0.05) is 6.07 Å². The fourth-order valence-corrected chi connectivity index (χ4v) is 2.08. The molecule has 1 aromatic carbocycles. The van der Waals surface area contributed by atoms with E-state index in [4.69, 9.17) is 10.5 Å². The summed E-state index contributed by atoms with van der Waals surface area (Å²) in [6.07, 6.45) is 0.835. The predicted molar refractivity (Wildman–Crippen MR) is 62.8 cm³/mol. The van der Waals surface area contributed by atoms with Gasteiger partial charge in [0, 0.05) is 18.0 Å². The van der Waals surface area contributed by atoms with Crippen LogP contribution < -0.4 is 15.4 Å². The zero-order valence-electron chi connectivity index (χ0n) is 9.56. The predicted octanol–water partition coefficient (Wildman–Crippen LogP) is 1.92. The van der Waals surface area contributed by atoms with E-state index in [9.17, 15) is 4.79 Å². The van der Waals surface area contributed by atoms with Crippen molar-refractivity contribution in [3.05, 3.63) is 23.8 Å². The van der Waals surface area contributed by atoms with Crippen molar-refractivity contribution in [1.29, 1.82) is 0 Å². The van der Waals surface area contributed by atoms with Gasteiger partial charge >= 0.3 is 6.03 Å². The minimum absolute atomic E-state index is 0.0459. The number of rotatable bonds is 2. The zero-order valence-corrected chi connectivity index (χ0v) is 9.56. The van der Waals surface area contributed by atoms with Crippen molar-refractivity contribution >= 4 is 11.7 Å². The second-order valence-electron chi connectivity index (χ2n) is 4.15. The average Bonchev–Trinajstić information content (AvgIpc) is 2.65. The molecule has 2 N–H and O–H groups in total. The second kappa shape index (κ2) is 4.04. The fourth-order valence-electron chi connectivity index (χ4n) is 2.08. The first-order valence-corrected chi connectivity index (χ1v) is 5.44. The minimum Gasteiger partial charge on any atom is -0.493 e. The van der Waals surface area contributed by atoms with E-state index in [0.29, 0.717) is 6.61 Å². The highest BCUT2D eigenvalue weighted by Crippen LogP contribution is 2.34. The summed E-state index contributed by atoms with van der Waals surface area (Å²) in [5, 5.41) is 0. The van der Waals surface area contributed by atoms with E-state index >= 15 is 0 Å². The van der Waals surface area contributed by atoms with Gasteiger partial charge < -0.3 is 10.5 Å². The molecule has 2 rings (SSSR count). The molecule has 0 unspecified atom stereocenters. The Balaban J connectivity index is 2.46. The number of urea groups is 1. The van der Waals surface area contributed by atoms with Gasteiger partial charge in [-0.15, -0.1) is 0 Å². The highest BCUT2D eigenvalue weighted by Gasteiger charge is 2.23. The number of amides is 2. The van der Waals surface area contributed by atoms with E-state index in [2.05, 4.69) is 0 Å². The number of hydrogen-bond donors (Lipinski definition) is 1. The van der Waals surface area contributed by atoms with Crippen molar-refractivity contribution in [2.75, 3.05) is 11.5 Å². The maximum Gasteiger partial charge on any atom is 0.319 e. The van der Waals surface area contributed by atoms with Crippen molar-refractivity contribution in [3.8, 4) is 5.75 Å². The molecule has 1 heterocycles. The SMILES string of the molecule is CC(C)N(C(N)=O)c1cccc2c1CCO2. The molecular formula is C12H16N2O2. The van der Waals surface area contributed by atoms with Crippen molar-refractivity contribution in [2.45, 2.75) is 26.3 Å². The lowest BCUT2D eigenvalue weighted by molar-refractivity contribution is 0.252. The second-order valence-corrected chi connectivity index (χ2v) is 4.15. The van der Waals surface area contributed by atoms with Crippen LogP contribution in [0.4, 0.5) is 10.5 Å². The van der Waals surface area contributed by atoms with E-state index in [1.54, 1.807) is 4.90 Å². The number of carbonyl (C=O) groups excluding carboxylic acids is 1. The number of nitrogens with zero attached hydrogens (tertiary/aromatic N) is 1. The van der Waals surface area contributed by atoms with Gasteiger partial charge in [-0.2, -0.15) is 0 Å². The maximum absolute atomic E-state index is 11.4. The molecule has 1 aliphatic heterocycles. The van der Waals surface area contributed by atoms with Crippen LogP contribution in [0.25, 0.3) is 0 Å². The summed E-state index contributed by atoms with van der Waals surface area (Å²) in [5.41, 5.74) is 7.36. The van der Waals surface area contributed by atoms with Gasteiger partial charge in [-0.05, 0) is 26.0 Å². The van der Waals surface area contributed by atoms with Gasteiger partial charge in [0.2, 0.25) is 0 Å². The van der Waals surface area contributed by atoms with Gasteiger partial charge in [-0.25, -0.2) is 4.79 Å². The largest absolute Gasteiger partial charge is 0.493 e. The molecule has 0 spiro atoms. The molecule has 0 aromatic heterocycles. The van der Waals surface area contributed by atoms with Crippen LogP contribution >= 0.6 is 0 Å². The maximum atomic E-state index is 11.4. The molecule has 0 saturated carbocycles. The molecule has 0 saturated heterocycles. The Kier molecular flexibility index (Phi) is 2.73. The Morgan fingerprint density at radius 3 is 2.88 bits per heavy atom. The monoisotopic (exact) mass is 220 g/mol. The number of anilines is 1. The van der Waals surface area contributed by atoms with Crippen LogP contribution in [0.3, 0.4) is 0 Å². The van der Waals surface area contributed by atoms with Crippen LogP contribution in [0.1, 0.15) is 19.4 Å². The van der Waals surface area contributed by atoms with Crippen LogP contribution in [0.2, 0.25) is 0 Å². The molecule has 0 bridgehead atoms. The third-order valence-corrected chi connectivity index (χ3v) is 2.73. The molecule has 86 valence electrons. The highest BCUT2D eigenvalue weighted by molar-refractivity contribution is 5.92. The fraction of sp³-hybridized carbons (Fsp3) is 0.417. The summed E-state index contributed by atoms with van der Waals surface area (Å²) in [5.74, 6) is 0.865. The van der Waals surface area contributed by atoms with Crippen LogP contribution in [-0.2, 0) is 6.42 Å². The smallest absolute Gasteiger partial charge is 0.319 e. The molecule has 1 aromatic rings. The topological polar surface area (TPSA) is 55.6 Å². The standard InChI is InChI=1S/C12H16N2O2/c1-8(2)14(12(13)15)10-4-3-5-11-9(10)6-7-16-11/h3-5,8H,6-7H2,1-2H3,(H2,13,15). The summed E-state index contributed by atoms with van der Waals surface area (Å²) >= 11 is 0. The summed E-state index contributed by atoms with van der Waals surface area (Å²) in [6, 6.07) is 5.35. The first-order chi connectivity index (χ1) is 7.61. The van der Waals surface area contributed by atoms with Gasteiger partial charge in [0.25, 0.3) is 0 Å². The minimum atomic E-state index is -0.421. The summed E-state index contributed by atoms with van der Waals surface area (Å²) in [7, 11) is 0. The van der Waals surface area contributed by atoms with Gasteiger partial charge in [0.05, 0.1) is 12.3 Å². The Labute approximate surface area is 95.0 Å². The molecule has 0 atom stereocenters. The van der Waals surface area contributed by atoms with Crippen LogP contribution in [0.15, 0.2) is 18.2 Å². The molecule has 4 nitrogen and oxygen atoms in total. The molecular weight excluding hydrogens is 204 g/mol. The Hall–Kier alpha value is -1.71. The first-order valence-electron chi connectivity index (χ1n) is 5.44. The Morgan fingerprint density at radius 1 is 1.50 bits per heavy atom. The zero-order chi connectivity index (χ0) is 11.7. The lowest BCUT2D eigenvalue weighted by atomic mass is 10.1.